The number of ether oxygens (including phenoxy) is 2. The number of benzene rings is 1. The van der Waals surface area contributed by atoms with Crippen LogP contribution in [0.25, 0.3) is 0 Å². The van der Waals surface area contributed by atoms with E-state index in [1.807, 2.05) is 56.3 Å². The van der Waals surface area contributed by atoms with Crippen molar-refractivity contribution in [1.82, 2.24) is 15.3 Å². The Labute approximate surface area is 175 Å². The lowest BCUT2D eigenvalue weighted by molar-refractivity contribution is 0.251. The molecule has 0 aliphatic carbocycles. The van der Waals surface area contributed by atoms with Gasteiger partial charge in [0.2, 0.25) is 5.88 Å². The molecule has 0 aliphatic rings. The smallest absolute Gasteiger partial charge is 0.319 e. The Morgan fingerprint density at radius 2 is 1.90 bits per heavy atom. The van der Waals surface area contributed by atoms with Gasteiger partial charge in [-0.05, 0) is 48.4 Å². The van der Waals surface area contributed by atoms with Crippen LogP contribution in [0.4, 0.5) is 16.3 Å². The molecule has 2 aromatic heterocycles. The predicted octanol–water partition coefficient (Wildman–Crippen LogP) is 3.97. The highest BCUT2D eigenvalue weighted by molar-refractivity contribution is 5.89. The van der Waals surface area contributed by atoms with Crippen molar-refractivity contribution in [3.05, 3.63) is 66.0 Å². The van der Waals surface area contributed by atoms with E-state index in [2.05, 4.69) is 20.6 Å². The van der Waals surface area contributed by atoms with E-state index in [0.29, 0.717) is 29.6 Å². The highest BCUT2D eigenvalue weighted by atomic mass is 16.5. The fourth-order valence-electron chi connectivity index (χ4n) is 2.66. The van der Waals surface area contributed by atoms with Crippen molar-refractivity contribution >= 4 is 17.5 Å². The summed E-state index contributed by atoms with van der Waals surface area (Å²) in [6.07, 6.45) is 3.25. The van der Waals surface area contributed by atoms with Crippen molar-refractivity contribution in [3.63, 3.8) is 0 Å². The Hall–Kier alpha value is -3.81. The lowest BCUT2D eigenvalue weighted by atomic mass is 10.2. The van der Waals surface area contributed by atoms with Crippen molar-refractivity contribution in [2.24, 2.45) is 0 Å². The summed E-state index contributed by atoms with van der Waals surface area (Å²) in [5.41, 5.74) is 2.58. The molecule has 0 bridgehead atoms. The third kappa shape index (κ3) is 5.60. The van der Waals surface area contributed by atoms with Gasteiger partial charge in [0.1, 0.15) is 5.82 Å². The van der Waals surface area contributed by atoms with E-state index >= 15 is 0 Å². The lowest BCUT2D eigenvalue weighted by Gasteiger charge is -2.13. The monoisotopic (exact) mass is 407 g/mol. The average molecular weight is 407 g/mol. The SMILES string of the molecule is COc1cc(C)ccc1Oc1ccc(NC(=O)NCc2ccnc(N(C)C)c2)cn1. The van der Waals surface area contributed by atoms with Crippen molar-refractivity contribution in [2.75, 3.05) is 31.4 Å². The highest BCUT2D eigenvalue weighted by Crippen LogP contribution is 2.31. The van der Waals surface area contributed by atoms with E-state index in [0.717, 1.165) is 16.9 Å². The van der Waals surface area contributed by atoms with Crippen LogP contribution < -0.4 is 25.0 Å². The fourth-order valence-corrected chi connectivity index (χ4v) is 2.66. The minimum Gasteiger partial charge on any atom is -0.493 e. The van der Waals surface area contributed by atoms with Gasteiger partial charge >= 0.3 is 6.03 Å². The third-order valence-electron chi connectivity index (χ3n) is 4.25. The zero-order chi connectivity index (χ0) is 21.5. The van der Waals surface area contributed by atoms with Crippen LogP contribution in [0, 0.1) is 6.92 Å². The number of nitrogens with one attached hydrogen (secondary N) is 2. The molecule has 30 heavy (non-hydrogen) atoms. The second kappa shape index (κ2) is 9.60. The molecule has 3 aromatic rings. The lowest BCUT2D eigenvalue weighted by Crippen LogP contribution is -2.28. The number of hydrogen-bond acceptors (Lipinski definition) is 6. The van der Waals surface area contributed by atoms with Crippen molar-refractivity contribution in [2.45, 2.75) is 13.5 Å². The molecule has 0 radical (unpaired) electrons. The second-order valence-corrected chi connectivity index (χ2v) is 6.87. The first-order valence-corrected chi connectivity index (χ1v) is 9.40. The number of anilines is 2. The second-order valence-electron chi connectivity index (χ2n) is 6.87. The van der Waals surface area contributed by atoms with Crippen molar-refractivity contribution in [3.8, 4) is 17.4 Å². The van der Waals surface area contributed by atoms with E-state index in [-0.39, 0.29) is 6.03 Å². The molecule has 8 heteroatoms. The van der Waals surface area contributed by atoms with Gasteiger partial charge in [-0.3, -0.25) is 0 Å². The fraction of sp³-hybridized carbons (Fsp3) is 0.227. The molecule has 156 valence electrons. The van der Waals surface area contributed by atoms with E-state index in [1.165, 1.54) is 6.20 Å². The van der Waals surface area contributed by atoms with Crippen LogP contribution in [0.2, 0.25) is 0 Å². The molecule has 0 saturated carbocycles. The van der Waals surface area contributed by atoms with Crippen LogP contribution in [-0.4, -0.2) is 37.2 Å². The molecule has 8 nitrogen and oxygen atoms in total. The molecular weight excluding hydrogens is 382 g/mol. The molecule has 1 aromatic carbocycles. The maximum absolute atomic E-state index is 12.2. The molecule has 0 aliphatic heterocycles. The minimum atomic E-state index is -0.325. The molecule has 0 saturated heterocycles. The normalized spacial score (nSPS) is 10.3. The summed E-state index contributed by atoms with van der Waals surface area (Å²) in [5, 5.41) is 5.57. The Balaban J connectivity index is 1.55. The van der Waals surface area contributed by atoms with Crippen LogP contribution in [0.5, 0.6) is 17.4 Å². The summed E-state index contributed by atoms with van der Waals surface area (Å²) in [7, 11) is 5.43. The first-order chi connectivity index (χ1) is 14.4. The van der Waals surface area contributed by atoms with Gasteiger partial charge in [-0.2, -0.15) is 0 Å². The van der Waals surface area contributed by atoms with Gasteiger partial charge in [0.15, 0.2) is 11.5 Å². The maximum atomic E-state index is 12.2. The topological polar surface area (TPSA) is 88.6 Å². The van der Waals surface area contributed by atoms with Gasteiger partial charge in [0, 0.05) is 32.9 Å². The van der Waals surface area contributed by atoms with Crippen molar-refractivity contribution in [1.29, 1.82) is 0 Å². The molecule has 2 heterocycles. The summed E-state index contributed by atoms with van der Waals surface area (Å²) < 4.78 is 11.1. The van der Waals surface area contributed by atoms with Crippen LogP contribution >= 0.6 is 0 Å². The summed E-state index contributed by atoms with van der Waals surface area (Å²) in [6.45, 7) is 2.36. The predicted molar refractivity (Wildman–Crippen MR) is 116 cm³/mol. The van der Waals surface area contributed by atoms with Crippen LogP contribution in [0.15, 0.2) is 54.9 Å². The standard InChI is InChI=1S/C22H25N5O3/c1-15-5-7-18(19(11-15)29-4)30-21-8-6-17(14-24-21)26-22(28)25-13-16-9-10-23-20(12-16)27(2)3/h5-12,14H,13H2,1-4H3,(H2,25,26,28). The molecule has 0 spiro atoms. The molecule has 2 amide bonds. The third-order valence-corrected chi connectivity index (χ3v) is 4.25. The first kappa shape index (κ1) is 20.9. The van der Waals surface area contributed by atoms with Gasteiger partial charge in [-0.15, -0.1) is 0 Å². The van der Waals surface area contributed by atoms with Crippen LogP contribution in [0.3, 0.4) is 0 Å². The van der Waals surface area contributed by atoms with Crippen molar-refractivity contribution < 1.29 is 14.3 Å². The number of amides is 2. The maximum Gasteiger partial charge on any atom is 0.319 e. The number of aromatic nitrogens is 2. The van der Waals surface area contributed by atoms with E-state index < -0.39 is 0 Å². The molecule has 3 rings (SSSR count). The largest absolute Gasteiger partial charge is 0.493 e. The molecule has 0 fully saturated rings. The van der Waals surface area contributed by atoms with Gasteiger partial charge in [0.05, 0.1) is 19.0 Å². The number of methoxy groups -OCH3 is 1. The number of aryl methyl sites for hydroxylation is 1. The molecule has 0 unspecified atom stereocenters. The Morgan fingerprint density at radius 1 is 1.07 bits per heavy atom. The summed E-state index contributed by atoms with van der Waals surface area (Å²) in [5.74, 6) is 2.44. The van der Waals surface area contributed by atoms with E-state index in [9.17, 15) is 4.79 Å². The van der Waals surface area contributed by atoms with Crippen LogP contribution in [-0.2, 0) is 6.54 Å². The minimum absolute atomic E-state index is 0.325. The molecular formula is C22H25N5O3. The van der Waals surface area contributed by atoms with Crippen LogP contribution in [0.1, 0.15) is 11.1 Å². The van der Waals surface area contributed by atoms with Gasteiger partial charge in [-0.1, -0.05) is 6.07 Å². The number of carbonyl (C=O) groups excluding carboxylic acids is 1. The van der Waals surface area contributed by atoms with Gasteiger partial charge < -0.3 is 25.0 Å². The zero-order valence-electron chi connectivity index (χ0n) is 17.5. The molecule has 0 atom stereocenters. The first-order valence-electron chi connectivity index (χ1n) is 9.40. The zero-order valence-corrected chi connectivity index (χ0v) is 17.5. The Bertz CT molecular complexity index is 1010. The summed E-state index contributed by atoms with van der Waals surface area (Å²) in [6, 6.07) is 12.5. The number of urea groups is 1. The van der Waals surface area contributed by atoms with E-state index in [4.69, 9.17) is 9.47 Å². The number of hydrogen-bond donors (Lipinski definition) is 2. The number of carbonyl (C=O) groups is 1. The van der Waals surface area contributed by atoms with E-state index in [1.54, 1.807) is 25.4 Å². The summed E-state index contributed by atoms with van der Waals surface area (Å²) >= 11 is 0. The quantitative estimate of drug-likeness (QED) is 0.616. The molecule has 2 N–H and O–H groups in total. The number of rotatable bonds is 7. The Kier molecular flexibility index (Phi) is 6.69. The Morgan fingerprint density at radius 3 is 2.60 bits per heavy atom. The average Bonchev–Trinajstić information content (AvgIpc) is 2.75. The van der Waals surface area contributed by atoms with Gasteiger partial charge in [0.25, 0.3) is 0 Å². The number of nitrogens with zero attached hydrogens (tertiary/aromatic N) is 3. The highest BCUT2D eigenvalue weighted by Gasteiger charge is 2.08. The summed E-state index contributed by atoms with van der Waals surface area (Å²) in [4.78, 5) is 22.6. The van der Waals surface area contributed by atoms with Gasteiger partial charge in [-0.25, -0.2) is 14.8 Å². The number of pyridine rings is 2.